The first-order valence-corrected chi connectivity index (χ1v) is 7.42. The van der Waals surface area contributed by atoms with Crippen molar-refractivity contribution in [3.63, 3.8) is 0 Å². The van der Waals surface area contributed by atoms with Gasteiger partial charge in [0.1, 0.15) is 0 Å². The topological polar surface area (TPSA) is 47.3 Å². The molecule has 1 saturated heterocycles. The van der Waals surface area contributed by atoms with E-state index in [1.165, 1.54) is 38.5 Å². The maximum atomic E-state index is 6.31. The zero-order valence-corrected chi connectivity index (χ0v) is 10.7. The highest BCUT2D eigenvalue weighted by molar-refractivity contribution is 4.99. The number of rotatable bonds is 4. The van der Waals surface area contributed by atoms with Gasteiger partial charge in [0.25, 0.3) is 0 Å². The van der Waals surface area contributed by atoms with E-state index >= 15 is 0 Å². The van der Waals surface area contributed by atoms with Crippen molar-refractivity contribution >= 4 is 0 Å². The summed E-state index contributed by atoms with van der Waals surface area (Å²) in [7, 11) is 0. The summed E-state index contributed by atoms with van der Waals surface area (Å²) in [5, 5.41) is 3.61. The lowest BCUT2D eigenvalue weighted by Gasteiger charge is -2.29. The van der Waals surface area contributed by atoms with Crippen LogP contribution in [0, 0.1) is 17.8 Å². The molecule has 3 fully saturated rings. The summed E-state index contributed by atoms with van der Waals surface area (Å²) in [5.74, 6) is 2.48. The van der Waals surface area contributed by atoms with Gasteiger partial charge in [-0.3, -0.25) is 0 Å². The molecule has 2 aliphatic carbocycles. The molecular weight excluding hydrogens is 212 g/mol. The van der Waals surface area contributed by atoms with Crippen LogP contribution in [0.5, 0.6) is 0 Å². The highest BCUT2D eigenvalue weighted by Crippen LogP contribution is 2.47. The van der Waals surface area contributed by atoms with E-state index in [1.807, 2.05) is 0 Å². The summed E-state index contributed by atoms with van der Waals surface area (Å²) >= 11 is 0. The molecule has 0 aromatic carbocycles. The second-order valence-corrected chi connectivity index (χ2v) is 6.22. The molecule has 1 aliphatic heterocycles. The third-order valence-corrected chi connectivity index (χ3v) is 5.18. The molecule has 0 radical (unpaired) electrons. The summed E-state index contributed by atoms with van der Waals surface area (Å²) < 4.78 is 5.74. The Kier molecular flexibility index (Phi) is 3.69. The van der Waals surface area contributed by atoms with E-state index in [2.05, 4.69) is 5.32 Å². The zero-order chi connectivity index (χ0) is 11.7. The van der Waals surface area contributed by atoms with Crippen molar-refractivity contribution in [2.75, 3.05) is 19.7 Å². The Bertz CT molecular complexity index is 251. The van der Waals surface area contributed by atoms with Gasteiger partial charge in [0, 0.05) is 19.2 Å². The molecule has 98 valence electrons. The third kappa shape index (κ3) is 2.51. The normalized spacial score (nSPS) is 45.4. The zero-order valence-electron chi connectivity index (χ0n) is 10.7. The van der Waals surface area contributed by atoms with Crippen molar-refractivity contribution in [1.82, 2.24) is 5.32 Å². The van der Waals surface area contributed by atoms with Gasteiger partial charge in [-0.1, -0.05) is 0 Å². The van der Waals surface area contributed by atoms with Gasteiger partial charge in [-0.05, 0) is 62.8 Å². The number of hydrogen-bond acceptors (Lipinski definition) is 3. The van der Waals surface area contributed by atoms with Crippen molar-refractivity contribution in [2.45, 2.75) is 50.7 Å². The van der Waals surface area contributed by atoms with Crippen molar-refractivity contribution in [3.8, 4) is 0 Å². The molecule has 0 aromatic rings. The Labute approximate surface area is 104 Å². The van der Waals surface area contributed by atoms with Crippen LogP contribution in [0.1, 0.15) is 38.5 Å². The standard InChI is InChI=1S/C14H26N2O/c15-14-11-5-4-10(7-11)13(14)9-16-8-12-3-1-2-6-17-12/h10-14,16H,1-9,15H2. The molecule has 5 unspecified atom stereocenters. The van der Waals surface area contributed by atoms with E-state index in [4.69, 9.17) is 10.5 Å². The fraction of sp³-hybridized carbons (Fsp3) is 1.00. The molecule has 2 bridgehead atoms. The van der Waals surface area contributed by atoms with Gasteiger partial charge in [0.05, 0.1) is 6.10 Å². The summed E-state index contributed by atoms with van der Waals surface area (Å²) in [5.41, 5.74) is 6.31. The first-order valence-electron chi connectivity index (χ1n) is 7.42. The molecule has 3 heteroatoms. The first kappa shape index (κ1) is 11.9. The van der Waals surface area contributed by atoms with Gasteiger partial charge in [0.2, 0.25) is 0 Å². The van der Waals surface area contributed by atoms with E-state index in [0.29, 0.717) is 12.1 Å². The number of ether oxygens (including phenoxy) is 1. The SMILES string of the molecule is NC1C2CCC(C2)C1CNCC1CCCCO1. The van der Waals surface area contributed by atoms with Crippen LogP contribution >= 0.6 is 0 Å². The molecule has 3 aliphatic rings. The van der Waals surface area contributed by atoms with Crippen LogP contribution in [0.3, 0.4) is 0 Å². The second-order valence-electron chi connectivity index (χ2n) is 6.22. The molecular formula is C14H26N2O. The largest absolute Gasteiger partial charge is 0.377 e. The van der Waals surface area contributed by atoms with E-state index < -0.39 is 0 Å². The van der Waals surface area contributed by atoms with Gasteiger partial charge in [-0.25, -0.2) is 0 Å². The lowest BCUT2D eigenvalue weighted by molar-refractivity contribution is 0.0160. The van der Waals surface area contributed by atoms with Crippen molar-refractivity contribution in [1.29, 1.82) is 0 Å². The van der Waals surface area contributed by atoms with Crippen LogP contribution in [-0.2, 0) is 4.74 Å². The number of hydrogen-bond donors (Lipinski definition) is 2. The first-order chi connectivity index (χ1) is 8.34. The number of fused-ring (bicyclic) bond motifs is 2. The van der Waals surface area contributed by atoms with Gasteiger partial charge in [-0.15, -0.1) is 0 Å². The monoisotopic (exact) mass is 238 g/mol. The van der Waals surface area contributed by atoms with Crippen LogP contribution < -0.4 is 11.1 Å². The minimum Gasteiger partial charge on any atom is -0.377 e. The summed E-state index contributed by atoms with van der Waals surface area (Å²) in [6.07, 6.45) is 8.47. The predicted molar refractivity (Wildman–Crippen MR) is 68.8 cm³/mol. The molecule has 0 amide bonds. The van der Waals surface area contributed by atoms with E-state index in [1.54, 1.807) is 0 Å². The van der Waals surface area contributed by atoms with Gasteiger partial charge in [-0.2, -0.15) is 0 Å². The molecule has 3 N–H and O–H groups in total. The fourth-order valence-corrected chi connectivity index (χ4v) is 4.14. The average Bonchev–Trinajstić information content (AvgIpc) is 2.94. The fourth-order valence-electron chi connectivity index (χ4n) is 4.14. The van der Waals surface area contributed by atoms with Crippen LogP contribution in [0.4, 0.5) is 0 Å². The third-order valence-electron chi connectivity index (χ3n) is 5.18. The molecule has 0 aromatic heterocycles. The maximum absolute atomic E-state index is 6.31. The molecule has 3 nitrogen and oxygen atoms in total. The van der Waals surface area contributed by atoms with E-state index in [-0.39, 0.29) is 0 Å². The molecule has 17 heavy (non-hydrogen) atoms. The smallest absolute Gasteiger partial charge is 0.0699 e. The minimum atomic E-state index is 0.457. The Balaban J connectivity index is 1.39. The number of nitrogens with two attached hydrogens (primary N) is 1. The van der Waals surface area contributed by atoms with Crippen molar-refractivity contribution in [2.24, 2.45) is 23.5 Å². The second kappa shape index (κ2) is 5.25. The van der Waals surface area contributed by atoms with Gasteiger partial charge in [0.15, 0.2) is 0 Å². The predicted octanol–water partition coefficient (Wildman–Crippen LogP) is 1.52. The average molecular weight is 238 g/mol. The summed E-state index contributed by atoms with van der Waals surface area (Å²) in [6, 6.07) is 0.466. The summed E-state index contributed by atoms with van der Waals surface area (Å²) in [4.78, 5) is 0. The van der Waals surface area contributed by atoms with Crippen LogP contribution in [-0.4, -0.2) is 31.8 Å². The lowest BCUT2D eigenvalue weighted by atomic mass is 9.85. The number of nitrogens with one attached hydrogen (secondary N) is 1. The van der Waals surface area contributed by atoms with Crippen molar-refractivity contribution in [3.05, 3.63) is 0 Å². The highest BCUT2D eigenvalue weighted by Gasteiger charge is 2.45. The molecule has 0 spiro atoms. The molecule has 3 rings (SSSR count). The minimum absolute atomic E-state index is 0.457. The quantitative estimate of drug-likeness (QED) is 0.780. The summed E-state index contributed by atoms with van der Waals surface area (Å²) in [6.45, 7) is 3.10. The molecule has 2 saturated carbocycles. The Morgan fingerprint density at radius 1 is 1.06 bits per heavy atom. The maximum Gasteiger partial charge on any atom is 0.0699 e. The molecule has 5 atom stereocenters. The van der Waals surface area contributed by atoms with Crippen LogP contribution in [0.2, 0.25) is 0 Å². The highest BCUT2D eigenvalue weighted by atomic mass is 16.5. The Morgan fingerprint density at radius 3 is 2.65 bits per heavy atom. The Morgan fingerprint density at radius 2 is 1.94 bits per heavy atom. The van der Waals surface area contributed by atoms with Gasteiger partial charge < -0.3 is 15.8 Å². The van der Waals surface area contributed by atoms with E-state index in [9.17, 15) is 0 Å². The Hall–Kier alpha value is -0.120. The van der Waals surface area contributed by atoms with Crippen LogP contribution in [0.25, 0.3) is 0 Å². The lowest BCUT2D eigenvalue weighted by Crippen LogP contribution is -2.43. The van der Waals surface area contributed by atoms with Crippen LogP contribution in [0.15, 0.2) is 0 Å². The van der Waals surface area contributed by atoms with Gasteiger partial charge >= 0.3 is 0 Å². The van der Waals surface area contributed by atoms with E-state index in [0.717, 1.165) is 37.5 Å². The molecule has 1 heterocycles. The van der Waals surface area contributed by atoms with Crippen molar-refractivity contribution < 1.29 is 4.74 Å².